The fourth-order valence-corrected chi connectivity index (χ4v) is 3.13. The zero-order valence-electron chi connectivity index (χ0n) is 13.0. The molecule has 0 aliphatic carbocycles. The van der Waals surface area contributed by atoms with Gasteiger partial charge >= 0.3 is 0 Å². The first-order chi connectivity index (χ1) is 10.0. The Kier molecular flexibility index (Phi) is 3.72. The summed E-state index contributed by atoms with van der Waals surface area (Å²) in [6, 6.07) is 5.88. The number of hydrogen-bond donors (Lipinski definition) is 2. The van der Waals surface area contributed by atoms with E-state index in [2.05, 4.69) is 36.1 Å². The van der Waals surface area contributed by atoms with Crippen LogP contribution < -0.4 is 5.32 Å². The van der Waals surface area contributed by atoms with Gasteiger partial charge in [-0.15, -0.1) is 0 Å². The van der Waals surface area contributed by atoms with Gasteiger partial charge in [-0.05, 0) is 63.5 Å². The SMILES string of the molecule is Cc1[nH]c2ccc(C(=O)NCC3CCN(C)C3)cc2c1C. The van der Waals surface area contributed by atoms with Crippen LogP contribution in [-0.4, -0.2) is 42.5 Å². The van der Waals surface area contributed by atoms with Crippen LogP contribution in [0.3, 0.4) is 0 Å². The van der Waals surface area contributed by atoms with Crippen LogP contribution in [0.1, 0.15) is 28.0 Å². The molecule has 1 aromatic carbocycles. The zero-order chi connectivity index (χ0) is 15.0. The van der Waals surface area contributed by atoms with E-state index in [9.17, 15) is 4.79 Å². The molecule has 0 spiro atoms. The van der Waals surface area contributed by atoms with E-state index < -0.39 is 0 Å². The lowest BCUT2D eigenvalue weighted by Crippen LogP contribution is -2.30. The number of aryl methyl sites for hydroxylation is 2. The van der Waals surface area contributed by atoms with Gasteiger partial charge in [0, 0.05) is 35.2 Å². The number of aromatic amines is 1. The molecule has 112 valence electrons. The lowest BCUT2D eigenvalue weighted by atomic mass is 10.1. The van der Waals surface area contributed by atoms with Gasteiger partial charge in [0.25, 0.3) is 5.91 Å². The fraction of sp³-hybridized carbons (Fsp3) is 0.471. The van der Waals surface area contributed by atoms with Crippen molar-refractivity contribution in [1.29, 1.82) is 0 Å². The highest BCUT2D eigenvalue weighted by Crippen LogP contribution is 2.22. The fourth-order valence-electron chi connectivity index (χ4n) is 3.13. The minimum Gasteiger partial charge on any atom is -0.358 e. The van der Waals surface area contributed by atoms with Crippen molar-refractivity contribution >= 4 is 16.8 Å². The van der Waals surface area contributed by atoms with Gasteiger partial charge in [0.2, 0.25) is 0 Å². The van der Waals surface area contributed by atoms with Gasteiger partial charge in [0.15, 0.2) is 0 Å². The third-order valence-electron chi connectivity index (χ3n) is 4.61. The molecule has 1 atom stereocenters. The molecule has 1 unspecified atom stereocenters. The molecule has 0 radical (unpaired) electrons. The zero-order valence-corrected chi connectivity index (χ0v) is 13.0. The van der Waals surface area contributed by atoms with Crippen LogP contribution in [0.2, 0.25) is 0 Å². The Balaban J connectivity index is 1.71. The number of aromatic nitrogens is 1. The summed E-state index contributed by atoms with van der Waals surface area (Å²) in [5.74, 6) is 0.614. The molecule has 1 aliphatic heterocycles. The van der Waals surface area contributed by atoms with E-state index in [1.54, 1.807) is 0 Å². The average Bonchev–Trinajstić information content (AvgIpc) is 3.01. The van der Waals surface area contributed by atoms with Crippen LogP contribution in [0, 0.1) is 19.8 Å². The van der Waals surface area contributed by atoms with Gasteiger partial charge in [-0.3, -0.25) is 4.79 Å². The number of hydrogen-bond acceptors (Lipinski definition) is 2. The van der Waals surface area contributed by atoms with Crippen LogP contribution in [-0.2, 0) is 0 Å². The van der Waals surface area contributed by atoms with Crippen LogP contribution in [0.5, 0.6) is 0 Å². The molecule has 2 aromatic rings. The molecule has 4 nitrogen and oxygen atoms in total. The van der Waals surface area contributed by atoms with Crippen molar-refractivity contribution in [2.45, 2.75) is 20.3 Å². The maximum absolute atomic E-state index is 12.3. The molecule has 4 heteroatoms. The Morgan fingerprint density at radius 3 is 2.95 bits per heavy atom. The van der Waals surface area contributed by atoms with Gasteiger partial charge < -0.3 is 15.2 Å². The predicted molar refractivity (Wildman–Crippen MR) is 85.7 cm³/mol. The molecule has 2 heterocycles. The van der Waals surface area contributed by atoms with Crippen LogP contribution in [0.15, 0.2) is 18.2 Å². The van der Waals surface area contributed by atoms with Crippen molar-refractivity contribution in [1.82, 2.24) is 15.2 Å². The molecular weight excluding hydrogens is 262 g/mol. The maximum atomic E-state index is 12.3. The Morgan fingerprint density at radius 2 is 2.24 bits per heavy atom. The number of rotatable bonds is 3. The quantitative estimate of drug-likeness (QED) is 0.910. The third-order valence-corrected chi connectivity index (χ3v) is 4.61. The van der Waals surface area contributed by atoms with E-state index in [4.69, 9.17) is 0 Å². The summed E-state index contributed by atoms with van der Waals surface area (Å²) in [4.78, 5) is 18.0. The smallest absolute Gasteiger partial charge is 0.251 e. The molecule has 1 aliphatic rings. The first-order valence-corrected chi connectivity index (χ1v) is 7.60. The van der Waals surface area contributed by atoms with E-state index >= 15 is 0 Å². The molecule has 3 rings (SSSR count). The minimum absolute atomic E-state index is 0.0321. The highest BCUT2D eigenvalue weighted by molar-refractivity contribution is 5.99. The van der Waals surface area contributed by atoms with Crippen molar-refractivity contribution in [2.75, 3.05) is 26.7 Å². The van der Waals surface area contributed by atoms with Crippen molar-refractivity contribution in [3.63, 3.8) is 0 Å². The van der Waals surface area contributed by atoms with Crippen molar-refractivity contribution in [3.05, 3.63) is 35.0 Å². The van der Waals surface area contributed by atoms with E-state index in [0.29, 0.717) is 5.92 Å². The van der Waals surface area contributed by atoms with Crippen LogP contribution in [0.25, 0.3) is 10.9 Å². The van der Waals surface area contributed by atoms with E-state index in [1.807, 2.05) is 18.2 Å². The second kappa shape index (κ2) is 5.53. The van der Waals surface area contributed by atoms with E-state index in [-0.39, 0.29) is 5.91 Å². The lowest BCUT2D eigenvalue weighted by molar-refractivity contribution is 0.0947. The van der Waals surface area contributed by atoms with Crippen LogP contribution in [0.4, 0.5) is 0 Å². The molecule has 1 saturated heterocycles. The van der Waals surface area contributed by atoms with Gasteiger partial charge in [0.05, 0.1) is 0 Å². The van der Waals surface area contributed by atoms with Gasteiger partial charge in [0.1, 0.15) is 0 Å². The number of H-pyrrole nitrogens is 1. The summed E-state index contributed by atoms with van der Waals surface area (Å²) in [6.45, 7) is 7.13. The second-order valence-corrected chi connectivity index (χ2v) is 6.26. The number of nitrogens with one attached hydrogen (secondary N) is 2. The molecule has 21 heavy (non-hydrogen) atoms. The number of likely N-dealkylation sites (tertiary alicyclic amines) is 1. The normalized spacial score (nSPS) is 19.3. The Labute approximate surface area is 125 Å². The standard InChI is InChI=1S/C17H23N3O/c1-11-12(2)19-16-5-4-14(8-15(11)16)17(21)18-9-13-6-7-20(3)10-13/h4-5,8,13,19H,6-7,9-10H2,1-3H3,(H,18,21). The van der Waals surface area contributed by atoms with Crippen molar-refractivity contribution < 1.29 is 4.79 Å². The number of nitrogens with zero attached hydrogens (tertiary/aromatic N) is 1. The van der Waals surface area contributed by atoms with Gasteiger partial charge in [-0.2, -0.15) is 0 Å². The Morgan fingerprint density at radius 1 is 1.43 bits per heavy atom. The number of carbonyl (C=O) groups is 1. The predicted octanol–water partition coefficient (Wildman–Crippen LogP) is 2.47. The van der Waals surface area contributed by atoms with E-state index in [0.717, 1.165) is 41.8 Å². The molecule has 0 saturated carbocycles. The van der Waals surface area contributed by atoms with Gasteiger partial charge in [-0.1, -0.05) is 0 Å². The Bertz CT molecular complexity index is 674. The molecule has 1 aromatic heterocycles. The highest BCUT2D eigenvalue weighted by Gasteiger charge is 2.20. The van der Waals surface area contributed by atoms with Crippen molar-refractivity contribution in [2.24, 2.45) is 5.92 Å². The number of carbonyl (C=O) groups excluding carboxylic acids is 1. The second-order valence-electron chi connectivity index (χ2n) is 6.26. The van der Waals surface area contributed by atoms with Crippen LogP contribution >= 0.6 is 0 Å². The number of benzene rings is 1. The summed E-state index contributed by atoms with van der Waals surface area (Å²) in [7, 11) is 2.13. The summed E-state index contributed by atoms with van der Waals surface area (Å²) >= 11 is 0. The molecule has 1 amide bonds. The molecule has 0 bridgehead atoms. The Hall–Kier alpha value is -1.81. The summed E-state index contributed by atoms with van der Waals surface area (Å²) < 4.78 is 0. The number of fused-ring (bicyclic) bond motifs is 1. The minimum atomic E-state index is 0.0321. The monoisotopic (exact) mass is 285 g/mol. The maximum Gasteiger partial charge on any atom is 0.251 e. The lowest BCUT2D eigenvalue weighted by Gasteiger charge is -2.11. The van der Waals surface area contributed by atoms with Crippen molar-refractivity contribution in [3.8, 4) is 0 Å². The average molecular weight is 285 g/mol. The molecular formula is C17H23N3O. The first-order valence-electron chi connectivity index (χ1n) is 7.60. The summed E-state index contributed by atoms with van der Waals surface area (Å²) in [6.07, 6.45) is 1.17. The first kappa shape index (κ1) is 14.1. The van der Waals surface area contributed by atoms with E-state index in [1.165, 1.54) is 12.0 Å². The highest BCUT2D eigenvalue weighted by atomic mass is 16.1. The molecule has 2 N–H and O–H groups in total. The summed E-state index contributed by atoms with van der Waals surface area (Å²) in [5.41, 5.74) is 4.23. The largest absolute Gasteiger partial charge is 0.358 e. The summed E-state index contributed by atoms with van der Waals surface area (Å²) in [5, 5.41) is 4.22. The molecule has 1 fully saturated rings. The van der Waals surface area contributed by atoms with Gasteiger partial charge in [-0.25, -0.2) is 0 Å². The number of amides is 1. The topological polar surface area (TPSA) is 48.1 Å². The third kappa shape index (κ3) is 2.81.